The number of carbonyl (C=O) groups excluding carboxylic acids is 1. The van der Waals surface area contributed by atoms with E-state index in [0.717, 1.165) is 37.1 Å². The van der Waals surface area contributed by atoms with Gasteiger partial charge in [0.05, 0.1) is 7.11 Å². The van der Waals surface area contributed by atoms with Crippen molar-refractivity contribution in [1.29, 1.82) is 0 Å². The molecule has 2 N–H and O–H groups in total. The summed E-state index contributed by atoms with van der Waals surface area (Å²) in [6.45, 7) is 1.38. The quantitative estimate of drug-likeness (QED) is 0.832. The van der Waals surface area contributed by atoms with E-state index in [4.69, 9.17) is 10.5 Å². The van der Waals surface area contributed by atoms with Crippen molar-refractivity contribution in [2.24, 2.45) is 5.73 Å². The first-order valence-electron chi connectivity index (χ1n) is 6.41. The molecular weight excluding hydrogens is 228 g/mol. The van der Waals surface area contributed by atoms with E-state index in [1.54, 1.807) is 7.11 Å². The third-order valence-electron chi connectivity index (χ3n) is 3.19. The molecule has 0 aliphatic heterocycles. The van der Waals surface area contributed by atoms with Crippen molar-refractivity contribution in [2.75, 3.05) is 20.2 Å². The minimum Gasteiger partial charge on any atom is -0.497 e. The monoisotopic (exact) mass is 248 g/mol. The fourth-order valence-corrected chi connectivity index (χ4v) is 2.00. The van der Waals surface area contributed by atoms with Gasteiger partial charge in [0.2, 0.25) is 0 Å². The molecule has 2 rings (SSSR count). The molecule has 1 aromatic carbocycles. The van der Waals surface area contributed by atoms with Crippen LogP contribution in [0.4, 0.5) is 0 Å². The third kappa shape index (κ3) is 3.01. The Bertz CT molecular complexity index is 399. The second-order valence-electron chi connectivity index (χ2n) is 4.60. The lowest BCUT2D eigenvalue weighted by molar-refractivity contribution is 0.0742. The molecule has 0 aromatic heterocycles. The highest BCUT2D eigenvalue weighted by atomic mass is 16.5. The summed E-state index contributed by atoms with van der Waals surface area (Å²) >= 11 is 0. The van der Waals surface area contributed by atoms with E-state index >= 15 is 0 Å². The van der Waals surface area contributed by atoms with Gasteiger partial charge in [0.25, 0.3) is 5.91 Å². The maximum Gasteiger partial charge on any atom is 0.254 e. The minimum atomic E-state index is 0.105. The van der Waals surface area contributed by atoms with Gasteiger partial charge in [-0.25, -0.2) is 0 Å². The third-order valence-corrected chi connectivity index (χ3v) is 3.19. The SMILES string of the molecule is COc1ccc(C(=O)N(CCCN)C2CC2)cc1. The van der Waals surface area contributed by atoms with Gasteiger partial charge in [-0.3, -0.25) is 4.79 Å². The van der Waals surface area contributed by atoms with Crippen molar-refractivity contribution >= 4 is 5.91 Å². The van der Waals surface area contributed by atoms with Gasteiger partial charge in [0, 0.05) is 18.2 Å². The highest BCUT2D eigenvalue weighted by Crippen LogP contribution is 2.28. The van der Waals surface area contributed by atoms with Crippen molar-refractivity contribution in [3.8, 4) is 5.75 Å². The van der Waals surface area contributed by atoms with E-state index in [1.165, 1.54) is 0 Å². The fourth-order valence-electron chi connectivity index (χ4n) is 2.00. The van der Waals surface area contributed by atoms with Gasteiger partial charge in [-0.05, 0) is 50.1 Å². The van der Waals surface area contributed by atoms with Crippen LogP contribution in [0.3, 0.4) is 0 Å². The smallest absolute Gasteiger partial charge is 0.254 e. The van der Waals surface area contributed by atoms with E-state index < -0.39 is 0 Å². The van der Waals surface area contributed by atoms with Crippen LogP contribution >= 0.6 is 0 Å². The van der Waals surface area contributed by atoms with Crippen molar-refractivity contribution in [1.82, 2.24) is 4.90 Å². The lowest BCUT2D eigenvalue weighted by Crippen LogP contribution is -2.34. The molecular formula is C14H20N2O2. The summed E-state index contributed by atoms with van der Waals surface area (Å²) in [4.78, 5) is 14.3. The van der Waals surface area contributed by atoms with Gasteiger partial charge in [-0.15, -0.1) is 0 Å². The minimum absolute atomic E-state index is 0.105. The Kier molecular flexibility index (Phi) is 4.20. The number of nitrogens with two attached hydrogens (primary N) is 1. The van der Waals surface area contributed by atoms with E-state index in [-0.39, 0.29) is 5.91 Å². The van der Waals surface area contributed by atoms with E-state index in [9.17, 15) is 4.79 Å². The molecule has 0 heterocycles. The van der Waals surface area contributed by atoms with Crippen LogP contribution in [0, 0.1) is 0 Å². The Morgan fingerprint density at radius 1 is 1.39 bits per heavy atom. The molecule has 1 aromatic rings. The summed E-state index contributed by atoms with van der Waals surface area (Å²) in [5.41, 5.74) is 6.24. The lowest BCUT2D eigenvalue weighted by Gasteiger charge is -2.22. The molecule has 18 heavy (non-hydrogen) atoms. The van der Waals surface area contributed by atoms with Crippen LogP contribution in [0.15, 0.2) is 24.3 Å². The molecule has 0 atom stereocenters. The Balaban J connectivity index is 2.06. The van der Waals surface area contributed by atoms with Crippen LogP contribution in [0.2, 0.25) is 0 Å². The number of rotatable bonds is 6. The molecule has 1 aliphatic carbocycles. The standard InChI is InChI=1S/C14H20N2O2/c1-18-13-7-3-11(4-8-13)14(17)16(10-2-9-15)12-5-6-12/h3-4,7-8,12H,2,5-6,9-10,15H2,1H3. The van der Waals surface area contributed by atoms with Crippen molar-refractivity contribution < 1.29 is 9.53 Å². The molecule has 0 radical (unpaired) electrons. The first kappa shape index (κ1) is 12.9. The first-order valence-corrected chi connectivity index (χ1v) is 6.41. The maximum atomic E-state index is 12.4. The summed E-state index contributed by atoms with van der Waals surface area (Å²) in [5.74, 6) is 0.875. The normalized spacial score (nSPS) is 14.3. The fraction of sp³-hybridized carbons (Fsp3) is 0.500. The number of hydrogen-bond acceptors (Lipinski definition) is 3. The second-order valence-corrected chi connectivity index (χ2v) is 4.60. The zero-order valence-electron chi connectivity index (χ0n) is 10.8. The van der Waals surface area contributed by atoms with Crippen LogP contribution in [-0.2, 0) is 0 Å². The number of amides is 1. The van der Waals surface area contributed by atoms with Crippen molar-refractivity contribution in [2.45, 2.75) is 25.3 Å². The molecule has 0 spiro atoms. The number of nitrogens with zero attached hydrogens (tertiary/aromatic N) is 1. The Labute approximate surface area is 108 Å². The van der Waals surface area contributed by atoms with Crippen molar-refractivity contribution in [3.63, 3.8) is 0 Å². The Hall–Kier alpha value is -1.55. The highest BCUT2D eigenvalue weighted by Gasteiger charge is 2.32. The summed E-state index contributed by atoms with van der Waals surface area (Å²) in [6, 6.07) is 7.70. The summed E-state index contributed by atoms with van der Waals surface area (Å²) in [5, 5.41) is 0. The van der Waals surface area contributed by atoms with Gasteiger partial charge in [0.15, 0.2) is 0 Å². The predicted molar refractivity (Wildman–Crippen MR) is 70.7 cm³/mol. The molecule has 1 fully saturated rings. The van der Waals surface area contributed by atoms with E-state index in [2.05, 4.69) is 0 Å². The molecule has 98 valence electrons. The predicted octanol–water partition coefficient (Wildman–Crippen LogP) is 1.65. The number of carbonyl (C=O) groups is 1. The molecule has 1 amide bonds. The van der Waals surface area contributed by atoms with Gasteiger partial charge in [0.1, 0.15) is 5.75 Å². The second kappa shape index (κ2) is 5.87. The van der Waals surface area contributed by atoms with Gasteiger partial charge >= 0.3 is 0 Å². The zero-order valence-corrected chi connectivity index (χ0v) is 10.8. The zero-order chi connectivity index (χ0) is 13.0. The van der Waals surface area contributed by atoms with Gasteiger partial charge in [-0.1, -0.05) is 0 Å². The van der Waals surface area contributed by atoms with Crippen LogP contribution in [0.1, 0.15) is 29.6 Å². The molecule has 1 saturated carbocycles. The van der Waals surface area contributed by atoms with Crippen LogP contribution in [0.25, 0.3) is 0 Å². The summed E-state index contributed by atoms with van der Waals surface area (Å²) in [7, 11) is 1.62. The van der Waals surface area contributed by atoms with Crippen molar-refractivity contribution in [3.05, 3.63) is 29.8 Å². The Morgan fingerprint density at radius 2 is 2.06 bits per heavy atom. The van der Waals surface area contributed by atoms with Gasteiger partial charge in [-0.2, -0.15) is 0 Å². The van der Waals surface area contributed by atoms with Gasteiger partial charge < -0.3 is 15.4 Å². The molecule has 4 nitrogen and oxygen atoms in total. The average Bonchev–Trinajstić information content (AvgIpc) is 3.24. The topological polar surface area (TPSA) is 55.6 Å². The maximum absolute atomic E-state index is 12.4. The number of hydrogen-bond donors (Lipinski definition) is 1. The van der Waals surface area contributed by atoms with E-state index in [1.807, 2.05) is 29.2 Å². The first-order chi connectivity index (χ1) is 8.76. The molecule has 0 unspecified atom stereocenters. The summed E-state index contributed by atoms with van der Waals surface area (Å²) in [6.07, 6.45) is 3.09. The lowest BCUT2D eigenvalue weighted by atomic mass is 10.2. The highest BCUT2D eigenvalue weighted by molar-refractivity contribution is 5.94. The molecule has 0 saturated heterocycles. The Morgan fingerprint density at radius 3 is 2.56 bits per heavy atom. The molecule has 4 heteroatoms. The number of methoxy groups -OCH3 is 1. The largest absolute Gasteiger partial charge is 0.497 e. The van der Waals surface area contributed by atoms with Crippen LogP contribution in [0.5, 0.6) is 5.75 Å². The average molecular weight is 248 g/mol. The van der Waals surface area contributed by atoms with Crippen LogP contribution in [-0.4, -0.2) is 37.0 Å². The summed E-state index contributed by atoms with van der Waals surface area (Å²) < 4.78 is 5.09. The number of benzene rings is 1. The van der Waals surface area contributed by atoms with E-state index in [0.29, 0.717) is 12.6 Å². The number of ether oxygens (including phenoxy) is 1. The van der Waals surface area contributed by atoms with Crippen LogP contribution < -0.4 is 10.5 Å². The molecule has 0 bridgehead atoms. The molecule has 1 aliphatic rings.